The number of carbonyl (C=O) groups is 2. The van der Waals surface area contributed by atoms with E-state index in [-0.39, 0.29) is 10.3 Å². The Balaban J connectivity index is 2.06. The lowest BCUT2D eigenvalue weighted by Crippen LogP contribution is -2.35. The van der Waals surface area contributed by atoms with Crippen LogP contribution in [0.4, 0.5) is 23.1 Å². The number of ether oxygens (including phenoxy) is 1. The van der Waals surface area contributed by atoms with E-state index in [0.29, 0.717) is 0 Å². The molecule has 2 amide bonds. The van der Waals surface area contributed by atoms with Gasteiger partial charge in [0.05, 0.1) is 18.9 Å². The molecule has 8 nitrogen and oxygen atoms in total. The van der Waals surface area contributed by atoms with Gasteiger partial charge in [-0.1, -0.05) is 5.10 Å². The Bertz CT molecular complexity index is 579. The molecular weight excluding hydrogens is 329 g/mol. The molecule has 1 aromatic rings. The third kappa shape index (κ3) is 3.37. The first-order chi connectivity index (χ1) is 10.2. The SMILES string of the molecule is COc1nnc(NC(=O)N2C[C@@H](C(F)(F)F)[C@H](C(=O)O)C2)s1. The lowest BCUT2D eigenvalue weighted by molar-refractivity contribution is -0.187. The molecule has 0 spiro atoms. The van der Waals surface area contributed by atoms with Gasteiger partial charge in [-0.05, 0) is 11.3 Å². The van der Waals surface area contributed by atoms with Gasteiger partial charge in [0, 0.05) is 13.1 Å². The molecule has 1 aliphatic heterocycles. The number of halogens is 3. The molecule has 1 aliphatic rings. The van der Waals surface area contributed by atoms with E-state index in [0.717, 1.165) is 16.2 Å². The molecule has 0 radical (unpaired) electrons. The highest BCUT2D eigenvalue weighted by Crippen LogP contribution is 2.38. The summed E-state index contributed by atoms with van der Waals surface area (Å²) in [4.78, 5) is 23.6. The number of urea groups is 1. The molecule has 0 unspecified atom stereocenters. The molecular formula is C10H11F3N4O4S. The summed E-state index contributed by atoms with van der Waals surface area (Å²) in [7, 11) is 1.35. The number of rotatable bonds is 3. The maximum absolute atomic E-state index is 12.8. The van der Waals surface area contributed by atoms with Crippen LogP contribution in [-0.2, 0) is 4.79 Å². The lowest BCUT2D eigenvalue weighted by atomic mass is 9.96. The van der Waals surface area contributed by atoms with Crippen LogP contribution in [0, 0.1) is 11.8 Å². The number of carboxylic acid groups (broad SMARTS) is 1. The largest absolute Gasteiger partial charge is 0.481 e. The van der Waals surface area contributed by atoms with E-state index in [1.54, 1.807) is 0 Å². The van der Waals surface area contributed by atoms with E-state index in [2.05, 4.69) is 15.5 Å². The third-order valence-corrected chi connectivity index (χ3v) is 3.94. The smallest absolute Gasteiger partial charge is 0.394 e. The molecule has 1 aromatic heterocycles. The van der Waals surface area contributed by atoms with Crippen molar-refractivity contribution in [3.05, 3.63) is 0 Å². The number of aliphatic carboxylic acids is 1. The zero-order valence-electron chi connectivity index (χ0n) is 11.1. The number of methoxy groups -OCH3 is 1. The number of anilines is 1. The first-order valence-corrected chi connectivity index (χ1v) is 6.77. The molecule has 2 rings (SSSR count). The van der Waals surface area contributed by atoms with Gasteiger partial charge in [-0.15, -0.1) is 5.10 Å². The van der Waals surface area contributed by atoms with Crippen LogP contribution in [0.15, 0.2) is 0 Å². The number of likely N-dealkylation sites (tertiary alicyclic amines) is 1. The highest BCUT2D eigenvalue weighted by molar-refractivity contribution is 7.17. The van der Waals surface area contributed by atoms with E-state index in [1.807, 2.05) is 0 Å². The van der Waals surface area contributed by atoms with Crippen molar-refractivity contribution in [2.75, 3.05) is 25.5 Å². The summed E-state index contributed by atoms with van der Waals surface area (Å²) in [5, 5.41) is 18.5. The number of carboxylic acids is 1. The summed E-state index contributed by atoms with van der Waals surface area (Å²) >= 11 is 0.892. The molecule has 12 heteroatoms. The molecule has 1 saturated heterocycles. The number of carbonyl (C=O) groups excluding carboxylic acids is 1. The van der Waals surface area contributed by atoms with Crippen molar-refractivity contribution in [3.8, 4) is 5.19 Å². The number of hydrogen-bond donors (Lipinski definition) is 2. The van der Waals surface area contributed by atoms with Crippen LogP contribution in [0.5, 0.6) is 5.19 Å². The highest BCUT2D eigenvalue weighted by atomic mass is 32.1. The Morgan fingerprint density at radius 2 is 2.09 bits per heavy atom. The van der Waals surface area contributed by atoms with E-state index < -0.39 is 43.1 Å². The second-order valence-electron chi connectivity index (χ2n) is 4.51. The summed E-state index contributed by atoms with van der Waals surface area (Å²) in [5.41, 5.74) is 0. The Labute approximate surface area is 125 Å². The van der Waals surface area contributed by atoms with Gasteiger partial charge in [-0.25, -0.2) is 4.79 Å². The predicted octanol–water partition coefficient (Wildman–Crippen LogP) is 1.27. The van der Waals surface area contributed by atoms with Gasteiger partial charge in [0.2, 0.25) is 5.13 Å². The molecule has 22 heavy (non-hydrogen) atoms. The van der Waals surface area contributed by atoms with Gasteiger partial charge in [-0.2, -0.15) is 13.2 Å². The van der Waals surface area contributed by atoms with E-state index in [1.165, 1.54) is 7.11 Å². The Hall–Kier alpha value is -2.11. The Morgan fingerprint density at radius 1 is 1.41 bits per heavy atom. The fourth-order valence-electron chi connectivity index (χ4n) is 2.06. The highest BCUT2D eigenvalue weighted by Gasteiger charge is 2.53. The number of amides is 2. The van der Waals surface area contributed by atoms with Crippen molar-refractivity contribution in [3.63, 3.8) is 0 Å². The standard InChI is InChI=1S/C10H11F3N4O4S/c1-21-9-16-15-7(22-9)14-8(20)17-2-4(6(18)19)5(3-17)10(11,12)13/h4-5H,2-3H2,1H3,(H,18,19)(H,14,15,20)/t4-,5-/m1/s1. The van der Waals surface area contributed by atoms with Crippen LogP contribution < -0.4 is 10.1 Å². The topological polar surface area (TPSA) is 105 Å². The molecule has 2 heterocycles. The van der Waals surface area contributed by atoms with Crippen LogP contribution in [0.1, 0.15) is 0 Å². The summed E-state index contributed by atoms with van der Waals surface area (Å²) in [5.74, 6) is -5.37. The third-order valence-electron chi connectivity index (χ3n) is 3.14. The molecule has 122 valence electrons. The Morgan fingerprint density at radius 3 is 2.55 bits per heavy atom. The Kier molecular flexibility index (Phi) is 4.39. The van der Waals surface area contributed by atoms with Gasteiger partial charge < -0.3 is 14.7 Å². The molecule has 2 atom stereocenters. The lowest BCUT2D eigenvalue weighted by Gasteiger charge is -2.18. The van der Waals surface area contributed by atoms with Crippen LogP contribution >= 0.6 is 11.3 Å². The van der Waals surface area contributed by atoms with E-state index in [4.69, 9.17) is 9.84 Å². The number of hydrogen-bond acceptors (Lipinski definition) is 6. The predicted molar refractivity (Wildman–Crippen MR) is 67.7 cm³/mol. The number of nitrogens with one attached hydrogen (secondary N) is 1. The van der Waals surface area contributed by atoms with Crippen molar-refractivity contribution in [2.24, 2.45) is 11.8 Å². The zero-order valence-corrected chi connectivity index (χ0v) is 11.9. The van der Waals surface area contributed by atoms with Crippen molar-refractivity contribution >= 4 is 28.5 Å². The minimum atomic E-state index is -4.69. The second kappa shape index (κ2) is 5.94. The van der Waals surface area contributed by atoms with Crippen LogP contribution in [0.3, 0.4) is 0 Å². The average Bonchev–Trinajstić information content (AvgIpc) is 3.03. The first kappa shape index (κ1) is 16.3. The summed E-state index contributed by atoms with van der Waals surface area (Å²) in [6.45, 7) is -1.25. The summed E-state index contributed by atoms with van der Waals surface area (Å²) in [6.07, 6.45) is -4.69. The van der Waals surface area contributed by atoms with E-state index in [9.17, 15) is 22.8 Å². The number of alkyl halides is 3. The van der Waals surface area contributed by atoms with Crippen LogP contribution in [0.25, 0.3) is 0 Å². The molecule has 1 fully saturated rings. The van der Waals surface area contributed by atoms with Gasteiger partial charge in [0.25, 0.3) is 5.19 Å². The molecule has 0 aromatic carbocycles. The molecule has 0 aliphatic carbocycles. The monoisotopic (exact) mass is 340 g/mol. The second-order valence-corrected chi connectivity index (χ2v) is 5.45. The maximum atomic E-state index is 12.8. The fraction of sp³-hybridized carbons (Fsp3) is 0.600. The van der Waals surface area contributed by atoms with Crippen LogP contribution in [-0.4, -0.2) is 58.6 Å². The number of nitrogens with zero attached hydrogens (tertiary/aromatic N) is 3. The number of aromatic nitrogens is 2. The van der Waals surface area contributed by atoms with Crippen molar-refractivity contribution in [1.82, 2.24) is 15.1 Å². The summed E-state index contributed by atoms with van der Waals surface area (Å²) in [6, 6.07) is -0.864. The van der Waals surface area contributed by atoms with Crippen molar-refractivity contribution in [2.45, 2.75) is 6.18 Å². The zero-order chi connectivity index (χ0) is 16.5. The van der Waals surface area contributed by atoms with Gasteiger partial charge >= 0.3 is 18.2 Å². The minimum Gasteiger partial charge on any atom is -0.481 e. The molecule has 2 N–H and O–H groups in total. The quantitative estimate of drug-likeness (QED) is 0.859. The molecule has 0 bridgehead atoms. The van der Waals surface area contributed by atoms with E-state index >= 15 is 0 Å². The normalized spacial score (nSPS) is 21.7. The molecule has 0 saturated carbocycles. The van der Waals surface area contributed by atoms with Crippen molar-refractivity contribution < 1.29 is 32.6 Å². The van der Waals surface area contributed by atoms with Crippen molar-refractivity contribution in [1.29, 1.82) is 0 Å². The van der Waals surface area contributed by atoms with Gasteiger partial charge in [0.1, 0.15) is 0 Å². The fourth-order valence-corrected chi connectivity index (χ4v) is 2.62. The van der Waals surface area contributed by atoms with Gasteiger partial charge in [0.15, 0.2) is 0 Å². The average molecular weight is 340 g/mol. The maximum Gasteiger partial charge on any atom is 0.394 e. The van der Waals surface area contributed by atoms with Crippen LogP contribution in [0.2, 0.25) is 0 Å². The van der Waals surface area contributed by atoms with Gasteiger partial charge in [-0.3, -0.25) is 10.1 Å². The minimum absolute atomic E-state index is 0.0455. The first-order valence-electron chi connectivity index (χ1n) is 5.95. The summed E-state index contributed by atoms with van der Waals surface area (Å²) < 4.78 is 43.2.